The fourth-order valence-electron chi connectivity index (χ4n) is 2.65. The summed E-state index contributed by atoms with van der Waals surface area (Å²) in [6.07, 6.45) is 1.54. The average molecular weight is 263 g/mol. The smallest absolute Gasteiger partial charge is 0.248 e. The third-order valence-corrected chi connectivity index (χ3v) is 3.55. The number of halogens is 2. The molecule has 4 heteroatoms. The lowest BCUT2D eigenvalue weighted by atomic mass is 9.88. The van der Waals surface area contributed by atoms with Crippen molar-refractivity contribution in [2.75, 3.05) is 6.54 Å². The first-order valence-electron chi connectivity index (χ1n) is 6.84. The monoisotopic (exact) mass is 263 g/mol. The molecule has 2 nitrogen and oxygen atoms in total. The average Bonchev–Trinajstić information content (AvgIpc) is 2.41. The van der Waals surface area contributed by atoms with Gasteiger partial charge in [0.1, 0.15) is 0 Å². The van der Waals surface area contributed by atoms with Crippen LogP contribution >= 0.6 is 0 Å². The molecule has 0 aromatic heterocycles. The summed E-state index contributed by atoms with van der Waals surface area (Å²) in [5.41, 5.74) is -0.820. The SMILES string of the molecule is CC(O)(CCNC(C)(C)C)CC1CCC(F)(F)C1. The Hall–Kier alpha value is -0.220. The van der Waals surface area contributed by atoms with Gasteiger partial charge in [0.05, 0.1) is 5.60 Å². The van der Waals surface area contributed by atoms with Gasteiger partial charge >= 0.3 is 0 Å². The van der Waals surface area contributed by atoms with Gasteiger partial charge in [0.25, 0.3) is 0 Å². The van der Waals surface area contributed by atoms with Crippen LogP contribution in [0.4, 0.5) is 8.78 Å². The van der Waals surface area contributed by atoms with E-state index in [9.17, 15) is 13.9 Å². The molecule has 1 aliphatic carbocycles. The minimum absolute atomic E-state index is 0.0199. The normalized spacial score (nSPS) is 27.2. The number of nitrogens with one attached hydrogen (secondary N) is 1. The standard InChI is InChI=1S/C14H27F2NO/c1-12(2,3)17-8-7-13(4,18)9-11-5-6-14(15,16)10-11/h11,17-18H,5-10H2,1-4H3. The molecule has 1 fully saturated rings. The molecular weight excluding hydrogens is 236 g/mol. The van der Waals surface area contributed by atoms with Crippen LogP contribution in [0.3, 0.4) is 0 Å². The van der Waals surface area contributed by atoms with Gasteiger partial charge in [0.2, 0.25) is 5.92 Å². The van der Waals surface area contributed by atoms with E-state index in [0.717, 1.165) is 0 Å². The molecule has 1 aliphatic rings. The maximum Gasteiger partial charge on any atom is 0.248 e. The minimum Gasteiger partial charge on any atom is -0.390 e. The molecule has 0 aromatic carbocycles. The maximum absolute atomic E-state index is 13.1. The third kappa shape index (κ3) is 6.10. The summed E-state index contributed by atoms with van der Waals surface area (Å²) >= 11 is 0. The fourth-order valence-corrected chi connectivity index (χ4v) is 2.65. The first-order valence-corrected chi connectivity index (χ1v) is 6.84. The Morgan fingerprint density at radius 2 is 1.89 bits per heavy atom. The van der Waals surface area contributed by atoms with E-state index in [1.807, 2.05) is 0 Å². The van der Waals surface area contributed by atoms with Crippen LogP contribution in [0.1, 0.15) is 59.8 Å². The molecule has 2 N–H and O–H groups in total. The highest BCUT2D eigenvalue weighted by Gasteiger charge is 2.41. The second-order valence-corrected chi connectivity index (χ2v) is 7.09. The molecule has 1 rings (SSSR count). The number of alkyl halides is 2. The van der Waals surface area contributed by atoms with Crippen molar-refractivity contribution in [1.29, 1.82) is 0 Å². The van der Waals surface area contributed by atoms with E-state index in [4.69, 9.17) is 0 Å². The van der Waals surface area contributed by atoms with Crippen LogP contribution in [0.2, 0.25) is 0 Å². The van der Waals surface area contributed by atoms with Crippen LogP contribution in [0.15, 0.2) is 0 Å². The summed E-state index contributed by atoms with van der Waals surface area (Å²) < 4.78 is 26.2. The highest BCUT2D eigenvalue weighted by Crippen LogP contribution is 2.42. The van der Waals surface area contributed by atoms with Crippen LogP contribution in [0.25, 0.3) is 0 Å². The summed E-state index contributed by atoms with van der Waals surface area (Å²) in [6, 6.07) is 0. The van der Waals surface area contributed by atoms with Crippen molar-refractivity contribution in [2.45, 2.75) is 76.9 Å². The Labute approximate surface area is 109 Å². The molecule has 0 amide bonds. The number of rotatable bonds is 5. The van der Waals surface area contributed by atoms with Gasteiger partial charge in [0, 0.05) is 18.4 Å². The molecule has 0 bridgehead atoms. The van der Waals surface area contributed by atoms with E-state index in [-0.39, 0.29) is 24.3 Å². The van der Waals surface area contributed by atoms with Crippen molar-refractivity contribution in [3.8, 4) is 0 Å². The topological polar surface area (TPSA) is 32.3 Å². The van der Waals surface area contributed by atoms with Crippen LogP contribution in [0.5, 0.6) is 0 Å². The Kier molecular flexibility index (Phi) is 4.76. The summed E-state index contributed by atoms with van der Waals surface area (Å²) in [5, 5.41) is 13.6. The molecule has 2 atom stereocenters. The zero-order valence-electron chi connectivity index (χ0n) is 12.0. The number of hydrogen-bond acceptors (Lipinski definition) is 2. The Morgan fingerprint density at radius 1 is 1.28 bits per heavy atom. The first-order chi connectivity index (χ1) is 7.99. The van der Waals surface area contributed by atoms with Crippen molar-refractivity contribution < 1.29 is 13.9 Å². The van der Waals surface area contributed by atoms with E-state index in [0.29, 0.717) is 25.8 Å². The molecule has 0 saturated heterocycles. The fraction of sp³-hybridized carbons (Fsp3) is 1.00. The van der Waals surface area contributed by atoms with Gasteiger partial charge in [-0.2, -0.15) is 0 Å². The number of aliphatic hydroxyl groups is 1. The predicted octanol–water partition coefficient (Wildman–Crippen LogP) is 3.34. The van der Waals surface area contributed by atoms with Crippen molar-refractivity contribution in [3.05, 3.63) is 0 Å². The third-order valence-electron chi connectivity index (χ3n) is 3.55. The van der Waals surface area contributed by atoms with Crippen LogP contribution in [-0.4, -0.2) is 28.7 Å². The lowest BCUT2D eigenvalue weighted by Gasteiger charge is -2.29. The van der Waals surface area contributed by atoms with Gasteiger partial charge in [-0.25, -0.2) is 8.78 Å². The maximum atomic E-state index is 13.1. The summed E-state index contributed by atoms with van der Waals surface area (Å²) in [6.45, 7) is 8.67. The Morgan fingerprint density at radius 3 is 2.33 bits per heavy atom. The van der Waals surface area contributed by atoms with Gasteiger partial charge in [-0.1, -0.05) is 0 Å². The molecule has 1 saturated carbocycles. The second kappa shape index (κ2) is 5.41. The van der Waals surface area contributed by atoms with Gasteiger partial charge < -0.3 is 10.4 Å². The minimum atomic E-state index is -2.51. The molecular formula is C14H27F2NO. The highest BCUT2D eigenvalue weighted by atomic mass is 19.3. The molecule has 0 aromatic rings. The quantitative estimate of drug-likeness (QED) is 0.797. The molecule has 0 spiro atoms. The predicted molar refractivity (Wildman–Crippen MR) is 69.9 cm³/mol. The summed E-state index contributed by atoms with van der Waals surface area (Å²) in [7, 11) is 0. The zero-order valence-corrected chi connectivity index (χ0v) is 12.0. The number of hydrogen-bond donors (Lipinski definition) is 2. The highest BCUT2D eigenvalue weighted by molar-refractivity contribution is 4.87. The lowest BCUT2D eigenvalue weighted by Crippen LogP contribution is -2.40. The van der Waals surface area contributed by atoms with E-state index in [1.165, 1.54) is 0 Å². The van der Waals surface area contributed by atoms with Crippen molar-refractivity contribution in [1.82, 2.24) is 5.32 Å². The van der Waals surface area contributed by atoms with Crippen LogP contribution in [-0.2, 0) is 0 Å². The Balaban J connectivity index is 2.32. The van der Waals surface area contributed by atoms with E-state index in [1.54, 1.807) is 6.92 Å². The molecule has 0 radical (unpaired) electrons. The first kappa shape index (κ1) is 15.8. The van der Waals surface area contributed by atoms with Crippen LogP contribution < -0.4 is 5.32 Å². The largest absolute Gasteiger partial charge is 0.390 e. The van der Waals surface area contributed by atoms with E-state index >= 15 is 0 Å². The van der Waals surface area contributed by atoms with Gasteiger partial charge in [-0.3, -0.25) is 0 Å². The van der Waals surface area contributed by atoms with Crippen molar-refractivity contribution >= 4 is 0 Å². The summed E-state index contributed by atoms with van der Waals surface area (Å²) in [5.74, 6) is -2.55. The Bertz CT molecular complexity index is 271. The molecule has 2 unspecified atom stereocenters. The van der Waals surface area contributed by atoms with Crippen LogP contribution in [0, 0.1) is 5.92 Å². The second-order valence-electron chi connectivity index (χ2n) is 7.09. The van der Waals surface area contributed by atoms with Crippen molar-refractivity contribution in [2.24, 2.45) is 5.92 Å². The van der Waals surface area contributed by atoms with Gasteiger partial charge in [0.15, 0.2) is 0 Å². The van der Waals surface area contributed by atoms with E-state index < -0.39 is 11.5 Å². The molecule has 0 heterocycles. The molecule has 0 aliphatic heterocycles. The lowest BCUT2D eigenvalue weighted by molar-refractivity contribution is -0.00741. The van der Waals surface area contributed by atoms with Gasteiger partial charge in [-0.05, 0) is 59.4 Å². The van der Waals surface area contributed by atoms with Crippen molar-refractivity contribution in [3.63, 3.8) is 0 Å². The van der Waals surface area contributed by atoms with Gasteiger partial charge in [-0.15, -0.1) is 0 Å². The van der Waals surface area contributed by atoms with E-state index in [2.05, 4.69) is 26.1 Å². The zero-order chi connectivity index (χ0) is 14.0. The molecule has 18 heavy (non-hydrogen) atoms. The molecule has 108 valence electrons. The summed E-state index contributed by atoms with van der Waals surface area (Å²) in [4.78, 5) is 0.